The molecule has 4 heteroatoms. The van der Waals surface area contributed by atoms with Gasteiger partial charge in [0.1, 0.15) is 5.71 Å². The van der Waals surface area contributed by atoms with E-state index in [9.17, 15) is 0 Å². The predicted octanol–water partition coefficient (Wildman–Crippen LogP) is 3.45. The number of nitrogens with one attached hydrogen (secondary N) is 1. The van der Waals surface area contributed by atoms with Crippen LogP contribution in [0.4, 0.5) is 0 Å². The molecule has 1 aromatic carbocycles. The molecule has 0 spiro atoms. The molecule has 0 saturated carbocycles. The van der Waals surface area contributed by atoms with Crippen molar-refractivity contribution < 1.29 is 5.21 Å². The minimum atomic E-state index is 0.475. The number of pyridine rings is 1. The Morgan fingerprint density at radius 2 is 2.10 bits per heavy atom. The van der Waals surface area contributed by atoms with Gasteiger partial charge in [-0.15, -0.1) is 0 Å². The number of H-pyrrole nitrogens is 1. The minimum absolute atomic E-state index is 0.475. The molecule has 0 aliphatic carbocycles. The quantitative estimate of drug-likeness (QED) is 0.432. The van der Waals surface area contributed by atoms with Gasteiger partial charge < -0.3 is 10.2 Å². The standard InChI is InChI=1S/C16H13N3O/c20-19-15(13-4-3-9-17-10-13)8-7-12-11-18-16-6-2-1-5-14(12)16/h1-11,18,20H/b8-7+,19-15-. The monoisotopic (exact) mass is 263 g/mol. The SMILES string of the molecule is O/N=C(/C=C/c1c[nH]c2ccccc12)c1cccnc1. The number of oxime groups is 1. The van der Waals surface area contributed by atoms with Crippen molar-refractivity contribution in [1.82, 2.24) is 9.97 Å². The first-order valence-electron chi connectivity index (χ1n) is 6.25. The van der Waals surface area contributed by atoms with Gasteiger partial charge in [-0.05, 0) is 29.8 Å². The largest absolute Gasteiger partial charge is 0.410 e. The van der Waals surface area contributed by atoms with Gasteiger partial charge in [-0.2, -0.15) is 0 Å². The lowest BCUT2D eigenvalue weighted by Crippen LogP contribution is -1.96. The Morgan fingerprint density at radius 1 is 1.20 bits per heavy atom. The Morgan fingerprint density at radius 3 is 2.90 bits per heavy atom. The fraction of sp³-hybridized carbons (Fsp3) is 0. The van der Waals surface area contributed by atoms with Crippen molar-refractivity contribution in [3.05, 3.63) is 72.2 Å². The summed E-state index contributed by atoms with van der Waals surface area (Å²) in [6.45, 7) is 0. The average Bonchev–Trinajstić information content (AvgIpc) is 2.92. The first kappa shape index (κ1) is 12.2. The Labute approximate surface area is 116 Å². The van der Waals surface area contributed by atoms with E-state index >= 15 is 0 Å². The van der Waals surface area contributed by atoms with Gasteiger partial charge in [0.15, 0.2) is 0 Å². The van der Waals surface area contributed by atoms with Gasteiger partial charge in [0.2, 0.25) is 0 Å². The second-order valence-electron chi connectivity index (χ2n) is 4.35. The van der Waals surface area contributed by atoms with Crippen LogP contribution >= 0.6 is 0 Å². The number of hydrogen-bond donors (Lipinski definition) is 2. The van der Waals surface area contributed by atoms with Crippen LogP contribution in [0.1, 0.15) is 11.1 Å². The third kappa shape index (κ3) is 2.31. The molecule has 0 amide bonds. The molecule has 20 heavy (non-hydrogen) atoms. The third-order valence-corrected chi connectivity index (χ3v) is 3.11. The fourth-order valence-corrected chi connectivity index (χ4v) is 2.10. The molecule has 0 fully saturated rings. The van der Waals surface area contributed by atoms with E-state index in [1.165, 1.54) is 0 Å². The van der Waals surface area contributed by atoms with Crippen LogP contribution in [0, 0.1) is 0 Å². The summed E-state index contributed by atoms with van der Waals surface area (Å²) in [7, 11) is 0. The predicted molar refractivity (Wildman–Crippen MR) is 79.9 cm³/mol. The molecule has 0 bridgehead atoms. The Bertz CT molecular complexity index is 773. The second kappa shape index (κ2) is 5.40. The van der Waals surface area contributed by atoms with Crippen molar-refractivity contribution in [3.63, 3.8) is 0 Å². The van der Waals surface area contributed by atoms with Crippen LogP contribution in [0.5, 0.6) is 0 Å². The van der Waals surface area contributed by atoms with Crippen LogP contribution in [0.3, 0.4) is 0 Å². The lowest BCUT2D eigenvalue weighted by Gasteiger charge is -1.97. The lowest BCUT2D eigenvalue weighted by molar-refractivity contribution is 0.320. The molecule has 0 aliphatic heterocycles. The van der Waals surface area contributed by atoms with E-state index in [1.54, 1.807) is 24.5 Å². The third-order valence-electron chi connectivity index (χ3n) is 3.11. The second-order valence-corrected chi connectivity index (χ2v) is 4.35. The molecule has 0 saturated heterocycles. The highest BCUT2D eigenvalue weighted by molar-refractivity contribution is 6.10. The Kier molecular flexibility index (Phi) is 3.29. The van der Waals surface area contributed by atoms with Crippen LogP contribution < -0.4 is 0 Å². The van der Waals surface area contributed by atoms with Gasteiger partial charge in [0, 0.05) is 35.1 Å². The van der Waals surface area contributed by atoms with E-state index < -0.39 is 0 Å². The van der Waals surface area contributed by atoms with Crippen LogP contribution in [0.2, 0.25) is 0 Å². The summed E-state index contributed by atoms with van der Waals surface area (Å²) < 4.78 is 0. The number of hydrogen-bond acceptors (Lipinski definition) is 3. The van der Waals surface area contributed by atoms with Gasteiger partial charge >= 0.3 is 0 Å². The number of rotatable bonds is 3. The number of nitrogens with zero attached hydrogens (tertiary/aromatic N) is 2. The van der Waals surface area contributed by atoms with Gasteiger partial charge in [-0.25, -0.2) is 0 Å². The maximum atomic E-state index is 9.12. The van der Waals surface area contributed by atoms with Gasteiger partial charge in [0.25, 0.3) is 0 Å². The van der Waals surface area contributed by atoms with Crippen molar-refractivity contribution in [3.8, 4) is 0 Å². The maximum absolute atomic E-state index is 9.12. The number of aromatic amines is 1. The number of fused-ring (bicyclic) bond motifs is 1. The zero-order valence-corrected chi connectivity index (χ0v) is 10.7. The molecular weight excluding hydrogens is 250 g/mol. The highest BCUT2D eigenvalue weighted by Gasteiger charge is 2.02. The van der Waals surface area contributed by atoms with E-state index in [2.05, 4.69) is 15.1 Å². The topological polar surface area (TPSA) is 61.3 Å². The maximum Gasteiger partial charge on any atom is 0.111 e. The number of benzene rings is 1. The summed E-state index contributed by atoms with van der Waals surface area (Å²) in [5.74, 6) is 0. The molecule has 3 rings (SSSR count). The molecule has 2 aromatic heterocycles. The number of aromatic nitrogens is 2. The summed E-state index contributed by atoms with van der Waals surface area (Å²) in [4.78, 5) is 7.22. The summed E-state index contributed by atoms with van der Waals surface area (Å²) in [5.41, 5.74) is 3.37. The Hall–Kier alpha value is -2.88. The molecule has 0 unspecified atom stereocenters. The van der Waals surface area contributed by atoms with E-state index in [-0.39, 0.29) is 0 Å². The normalized spacial score (nSPS) is 12.3. The molecule has 3 aromatic rings. The highest BCUT2D eigenvalue weighted by atomic mass is 16.4. The Balaban J connectivity index is 1.94. The van der Waals surface area contributed by atoms with Crippen LogP contribution in [-0.2, 0) is 0 Å². The zero-order chi connectivity index (χ0) is 13.8. The summed E-state index contributed by atoms with van der Waals surface area (Å²) in [5, 5.41) is 13.6. The lowest BCUT2D eigenvalue weighted by atomic mass is 10.1. The van der Waals surface area contributed by atoms with E-state index in [0.29, 0.717) is 5.71 Å². The van der Waals surface area contributed by atoms with Crippen molar-refractivity contribution >= 4 is 22.7 Å². The molecule has 2 N–H and O–H groups in total. The zero-order valence-electron chi connectivity index (χ0n) is 10.7. The van der Waals surface area contributed by atoms with E-state index in [1.807, 2.05) is 42.6 Å². The first-order valence-corrected chi connectivity index (χ1v) is 6.25. The summed E-state index contributed by atoms with van der Waals surface area (Å²) in [6.07, 6.45) is 8.96. The van der Waals surface area contributed by atoms with E-state index in [4.69, 9.17) is 5.21 Å². The molecule has 4 nitrogen and oxygen atoms in total. The summed E-state index contributed by atoms with van der Waals surface area (Å²) in [6, 6.07) is 11.7. The minimum Gasteiger partial charge on any atom is -0.410 e. The van der Waals surface area contributed by atoms with Crippen LogP contribution in [0.15, 0.2) is 66.2 Å². The molecule has 0 aliphatic rings. The first-order chi connectivity index (χ1) is 9.88. The van der Waals surface area contributed by atoms with Gasteiger partial charge in [0.05, 0.1) is 0 Å². The van der Waals surface area contributed by atoms with Crippen LogP contribution in [-0.4, -0.2) is 20.9 Å². The average molecular weight is 263 g/mol. The van der Waals surface area contributed by atoms with Crippen molar-refractivity contribution in [2.75, 3.05) is 0 Å². The number of allylic oxidation sites excluding steroid dienone is 1. The highest BCUT2D eigenvalue weighted by Crippen LogP contribution is 2.19. The van der Waals surface area contributed by atoms with Gasteiger partial charge in [-0.3, -0.25) is 4.98 Å². The molecule has 0 atom stereocenters. The van der Waals surface area contributed by atoms with Crippen molar-refractivity contribution in [2.45, 2.75) is 0 Å². The van der Waals surface area contributed by atoms with Crippen molar-refractivity contribution in [1.29, 1.82) is 0 Å². The van der Waals surface area contributed by atoms with Crippen molar-refractivity contribution in [2.24, 2.45) is 5.16 Å². The molecule has 98 valence electrons. The number of para-hydroxylation sites is 1. The van der Waals surface area contributed by atoms with Crippen LogP contribution in [0.25, 0.3) is 17.0 Å². The molecule has 2 heterocycles. The molecular formula is C16H13N3O. The fourth-order valence-electron chi connectivity index (χ4n) is 2.10. The van der Waals surface area contributed by atoms with Gasteiger partial charge in [-0.1, -0.05) is 29.4 Å². The summed E-state index contributed by atoms with van der Waals surface area (Å²) >= 11 is 0. The molecule has 0 radical (unpaired) electrons. The smallest absolute Gasteiger partial charge is 0.111 e. The van der Waals surface area contributed by atoms with E-state index in [0.717, 1.165) is 22.0 Å².